The number of benzene rings is 1. The number of pyridine rings is 1. The summed E-state index contributed by atoms with van der Waals surface area (Å²) >= 11 is 1.64. The van der Waals surface area contributed by atoms with Crippen LogP contribution in [0.2, 0.25) is 0 Å². The van der Waals surface area contributed by atoms with Crippen LogP contribution in [0.4, 0.5) is 0 Å². The van der Waals surface area contributed by atoms with Crippen LogP contribution < -0.4 is 5.56 Å². The number of Topliss-reactive ketones (excluding diaryl/α,β-unsaturated/α-hetero) is 1. The Hall–Kier alpha value is -3.65. The Labute approximate surface area is 234 Å². The van der Waals surface area contributed by atoms with Gasteiger partial charge in [-0.1, -0.05) is 60.9 Å². The average Bonchev–Trinajstić information content (AvgIpc) is 2.96. The summed E-state index contributed by atoms with van der Waals surface area (Å²) < 4.78 is 2.10. The van der Waals surface area contributed by atoms with E-state index >= 15 is 0 Å². The van der Waals surface area contributed by atoms with Crippen molar-refractivity contribution in [3.05, 3.63) is 112 Å². The molecule has 3 heterocycles. The smallest absolute Gasteiger partial charge is 0.277 e. The van der Waals surface area contributed by atoms with E-state index in [0.717, 1.165) is 67.1 Å². The zero-order chi connectivity index (χ0) is 27.3. The molecule has 0 N–H and O–H groups in total. The Kier molecular flexibility index (Phi) is 11.0. The second-order valence-electron chi connectivity index (χ2n) is 9.73. The second kappa shape index (κ2) is 15.1. The number of rotatable bonds is 15. The molecule has 39 heavy (non-hydrogen) atoms. The summed E-state index contributed by atoms with van der Waals surface area (Å²) in [4.78, 5) is 41.9. The van der Waals surface area contributed by atoms with E-state index in [9.17, 15) is 9.59 Å². The van der Waals surface area contributed by atoms with Crippen LogP contribution in [0.15, 0.2) is 83.7 Å². The highest BCUT2D eigenvalue weighted by atomic mass is 32.2. The lowest BCUT2D eigenvalue weighted by molar-refractivity contribution is 0.0979. The number of nitrogens with zero attached hydrogens (tertiary/aromatic N) is 5. The predicted molar refractivity (Wildman–Crippen MR) is 155 cm³/mol. The standard InChI is InChI=1S/C31H35N5O2S/c1-24-8-10-27(11-9-24)29(37)7-5-3-2-4-6-18-39-31-35-30(38)28(19-26-20-33-23-34-21-26)22-36(31)17-14-25-12-15-32-16-13-25/h8-13,15-16,20-23H,2-7,14,17-19H2,1H3. The van der Waals surface area contributed by atoms with Crippen molar-refractivity contribution in [2.45, 2.75) is 70.0 Å². The zero-order valence-corrected chi connectivity index (χ0v) is 23.3. The van der Waals surface area contributed by atoms with E-state index in [1.54, 1.807) is 36.5 Å². The zero-order valence-electron chi connectivity index (χ0n) is 22.5. The highest BCUT2D eigenvalue weighted by Crippen LogP contribution is 2.19. The van der Waals surface area contributed by atoms with Gasteiger partial charge < -0.3 is 4.57 Å². The minimum atomic E-state index is -0.195. The molecule has 0 unspecified atom stereocenters. The molecular weight excluding hydrogens is 506 g/mol. The fraction of sp³-hybridized carbons (Fsp3) is 0.355. The van der Waals surface area contributed by atoms with Crippen LogP contribution in [0.3, 0.4) is 0 Å². The quantitative estimate of drug-likeness (QED) is 0.0803. The third-order valence-electron chi connectivity index (χ3n) is 6.58. The SMILES string of the molecule is Cc1ccc(C(=O)CCCCCCCSc2nc(=O)c(Cc3cncnc3)cn2CCc2ccncc2)cc1. The van der Waals surface area contributed by atoms with E-state index < -0.39 is 0 Å². The minimum Gasteiger partial charge on any atom is -0.327 e. The molecule has 0 amide bonds. The van der Waals surface area contributed by atoms with Gasteiger partial charge in [0.25, 0.3) is 5.56 Å². The lowest BCUT2D eigenvalue weighted by Crippen LogP contribution is -2.20. The van der Waals surface area contributed by atoms with Crippen molar-refractivity contribution in [3.63, 3.8) is 0 Å². The number of carbonyl (C=O) groups excluding carboxylic acids is 1. The summed E-state index contributed by atoms with van der Waals surface area (Å²) in [5, 5.41) is 0.755. The Morgan fingerprint density at radius 1 is 0.872 bits per heavy atom. The summed E-state index contributed by atoms with van der Waals surface area (Å²) in [6, 6.07) is 11.8. The van der Waals surface area contributed by atoms with Crippen molar-refractivity contribution in [2.75, 3.05) is 5.75 Å². The molecule has 0 aliphatic heterocycles. The Morgan fingerprint density at radius 3 is 2.36 bits per heavy atom. The molecule has 7 nitrogen and oxygen atoms in total. The largest absolute Gasteiger partial charge is 0.327 e. The minimum absolute atomic E-state index is 0.195. The summed E-state index contributed by atoms with van der Waals surface area (Å²) in [5.41, 5.74) is 4.51. The Morgan fingerprint density at radius 2 is 1.59 bits per heavy atom. The van der Waals surface area contributed by atoms with E-state index in [1.807, 2.05) is 49.5 Å². The van der Waals surface area contributed by atoms with E-state index in [2.05, 4.69) is 24.5 Å². The van der Waals surface area contributed by atoms with Crippen molar-refractivity contribution in [1.29, 1.82) is 0 Å². The van der Waals surface area contributed by atoms with Crippen molar-refractivity contribution in [3.8, 4) is 0 Å². The first-order valence-corrected chi connectivity index (χ1v) is 14.5. The van der Waals surface area contributed by atoms with Crippen molar-refractivity contribution < 1.29 is 4.79 Å². The van der Waals surface area contributed by atoms with E-state index in [1.165, 1.54) is 17.5 Å². The molecule has 0 aliphatic rings. The normalized spacial score (nSPS) is 11.0. The van der Waals surface area contributed by atoms with Gasteiger partial charge in [0.2, 0.25) is 0 Å². The van der Waals surface area contributed by atoms with Gasteiger partial charge in [0.15, 0.2) is 10.9 Å². The molecule has 0 spiro atoms. The molecule has 0 radical (unpaired) electrons. The molecule has 0 fully saturated rings. The first-order chi connectivity index (χ1) is 19.1. The lowest BCUT2D eigenvalue weighted by atomic mass is 10.0. The first-order valence-electron chi connectivity index (χ1n) is 13.5. The summed E-state index contributed by atoms with van der Waals surface area (Å²) in [5.74, 6) is 1.13. The number of unbranched alkanes of at least 4 members (excludes halogenated alkanes) is 4. The van der Waals surface area contributed by atoms with Gasteiger partial charge in [0.1, 0.15) is 6.33 Å². The second-order valence-corrected chi connectivity index (χ2v) is 10.8. The summed E-state index contributed by atoms with van der Waals surface area (Å²) in [6.45, 7) is 2.76. The molecule has 0 atom stereocenters. The Balaban J connectivity index is 1.26. The monoisotopic (exact) mass is 541 g/mol. The van der Waals surface area contributed by atoms with Gasteiger partial charge in [-0.05, 0) is 49.4 Å². The van der Waals surface area contributed by atoms with Crippen LogP contribution in [-0.2, 0) is 19.4 Å². The third-order valence-corrected chi connectivity index (χ3v) is 7.66. The van der Waals surface area contributed by atoms with Crippen LogP contribution in [0.1, 0.15) is 71.1 Å². The molecule has 0 saturated carbocycles. The maximum Gasteiger partial charge on any atom is 0.277 e. The highest BCUT2D eigenvalue weighted by molar-refractivity contribution is 7.99. The molecule has 1 aromatic carbocycles. The average molecular weight is 542 g/mol. The Bertz CT molecular complexity index is 1380. The summed E-state index contributed by atoms with van der Waals surface area (Å²) in [6.07, 6.45) is 17.6. The topological polar surface area (TPSA) is 90.6 Å². The number of hydrogen-bond acceptors (Lipinski definition) is 7. The van der Waals surface area contributed by atoms with Crippen LogP contribution >= 0.6 is 11.8 Å². The fourth-order valence-corrected chi connectivity index (χ4v) is 5.31. The molecule has 0 aliphatic carbocycles. The molecule has 0 bridgehead atoms. The van der Waals surface area contributed by atoms with Crippen LogP contribution in [-0.4, -0.2) is 36.0 Å². The molecular formula is C31H35N5O2S. The number of aryl methyl sites for hydroxylation is 3. The van der Waals surface area contributed by atoms with Gasteiger partial charge in [-0.3, -0.25) is 14.6 Å². The lowest BCUT2D eigenvalue weighted by Gasteiger charge is -2.14. The molecule has 0 saturated heterocycles. The third kappa shape index (κ3) is 9.25. The number of thioether (sulfide) groups is 1. The maximum absolute atomic E-state index is 12.8. The van der Waals surface area contributed by atoms with Crippen LogP contribution in [0.25, 0.3) is 0 Å². The first kappa shape index (κ1) is 28.4. The van der Waals surface area contributed by atoms with E-state index in [-0.39, 0.29) is 11.3 Å². The summed E-state index contributed by atoms with van der Waals surface area (Å²) in [7, 11) is 0. The number of carbonyl (C=O) groups is 1. The molecule has 8 heteroatoms. The maximum atomic E-state index is 12.8. The van der Waals surface area contributed by atoms with Gasteiger partial charge in [0.05, 0.1) is 0 Å². The van der Waals surface area contributed by atoms with Gasteiger partial charge in [-0.15, -0.1) is 0 Å². The number of ketones is 1. The predicted octanol–water partition coefficient (Wildman–Crippen LogP) is 5.89. The highest BCUT2D eigenvalue weighted by Gasteiger charge is 2.11. The van der Waals surface area contributed by atoms with Crippen LogP contribution in [0.5, 0.6) is 0 Å². The number of aromatic nitrogens is 5. The molecule has 4 aromatic rings. The molecule has 202 valence electrons. The number of hydrogen-bond donors (Lipinski definition) is 0. The van der Waals surface area contributed by atoms with Crippen molar-refractivity contribution in [2.24, 2.45) is 0 Å². The fourth-order valence-electron chi connectivity index (χ4n) is 4.32. The van der Waals surface area contributed by atoms with E-state index in [0.29, 0.717) is 18.4 Å². The van der Waals surface area contributed by atoms with Gasteiger partial charge in [-0.25, -0.2) is 9.97 Å². The van der Waals surface area contributed by atoms with Gasteiger partial charge in [-0.2, -0.15) is 4.98 Å². The van der Waals surface area contributed by atoms with Gasteiger partial charge >= 0.3 is 0 Å². The van der Waals surface area contributed by atoms with Crippen LogP contribution in [0, 0.1) is 6.92 Å². The van der Waals surface area contributed by atoms with Crippen molar-refractivity contribution >= 4 is 17.5 Å². The molecule has 3 aromatic heterocycles. The van der Waals surface area contributed by atoms with E-state index in [4.69, 9.17) is 0 Å². The van der Waals surface area contributed by atoms with Crippen molar-refractivity contribution in [1.82, 2.24) is 24.5 Å². The molecule has 4 rings (SSSR count). The van der Waals surface area contributed by atoms with Gasteiger partial charge in [0, 0.05) is 67.3 Å².